The van der Waals surface area contributed by atoms with Crippen molar-refractivity contribution < 1.29 is 4.79 Å². The van der Waals surface area contributed by atoms with Crippen LogP contribution in [0.15, 0.2) is 24.4 Å². The van der Waals surface area contributed by atoms with Gasteiger partial charge in [0.1, 0.15) is 5.50 Å². The molecule has 0 saturated carbocycles. The van der Waals surface area contributed by atoms with Crippen molar-refractivity contribution in [2.75, 3.05) is 0 Å². The van der Waals surface area contributed by atoms with E-state index < -0.39 is 0 Å². The molecular weight excluding hydrogens is 246 g/mol. The number of hydrogen-bond acceptors (Lipinski definition) is 4. The minimum Gasteiger partial charge on any atom is -0.356 e. The molecule has 0 radical (unpaired) electrons. The van der Waals surface area contributed by atoms with Crippen LogP contribution >= 0.6 is 12.6 Å². The lowest BCUT2D eigenvalue weighted by molar-refractivity contribution is -0.117. The maximum absolute atomic E-state index is 11.4. The number of pyridine rings is 1. The summed E-state index contributed by atoms with van der Waals surface area (Å²) in [6, 6.07) is 3.95. The first-order valence-corrected chi connectivity index (χ1v) is 6.31. The number of carbonyl (C=O) groups excluding carboxylic acids is 1. The predicted molar refractivity (Wildman–Crippen MR) is 75.0 cm³/mol. The molecule has 5 heteroatoms. The molecule has 1 aliphatic rings. The van der Waals surface area contributed by atoms with Gasteiger partial charge in [0.05, 0.1) is 5.70 Å². The quantitative estimate of drug-likeness (QED) is 0.675. The van der Waals surface area contributed by atoms with Gasteiger partial charge in [0.2, 0.25) is 5.91 Å². The van der Waals surface area contributed by atoms with Crippen LogP contribution in [0.25, 0.3) is 5.70 Å². The van der Waals surface area contributed by atoms with E-state index in [1.807, 2.05) is 12.1 Å². The predicted octanol–water partition coefficient (Wildman–Crippen LogP) is 1.65. The number of aromatic nitrogens is 1. The second kappa shape index (κ2) is 4.65. The topological polar surface area (TPSA) is 54.0 Å². The fourth-order valence-electron chi connectivity index (χ4n) is 1.70. The fraction of sp³-hybridized carbons (Fsp3) is 0.385. The number of rotatable bonds is 1. The molecule has 1 amide bonds. The molecule has 0 aromatic carbocycles. The lowest BCUT2D eigenvalue weighted by Gasteiger charge is -2.23. The summed E-state index contributed by atoms with van der Waals surface area (Å²) >= 11 is 4.19. The Bertz CT molecular complexity index is 488. The minimum atomic E-state index is -0.361. The average molecular weight is 263 g/mol. The molecule has 2 rings (SSSR count). The second-order valence-corrected chi connectivity index (χ2v) is 5.81. The molecule has 1 aromatic heterocycles. The third-order valence-electron chi connectivity index (χ3n) is 2.69. The van der Waals surface area contributed by atoms with Crippen LogP contribution in [0, 0.1) is 0 Å². The van der Waals surface area contributed by atoms with E-state index in [1.165, 1.54) is 6.08 Å². The Hall–Kier alpha value is -1.49. The number of nitrogens with one attached hydrogen (secondary N) is 2. The van der Waals surface area contributed by atoms with Gasteiger partial charge < -0.3 is 10.6 Å². The Morgan fingerprint density at radius 1 is 1.28 bits per heavy atom. The highest BCUT2D eigenvalue weighted by atomic mass is 32.1. The molecule has 1 unspecified atom stereocenters. The van der Waals surface area contributed by atoms with E-state index in [4.69, 9.17) is 0 Å². The molecule has 0 bridgehead atoms. The van der Waals surface area contributed by atoms with Crippen molar-refractivity contribution in [2.45, 2.75) is 31.7 Å². The highest BCUT2D eigenvalue weighted by Gasteiger charge is 2.18. The molecular formula is C13H17N3OS. The maximum Gasteiger partial charge on any atom is 0.248 e. The van der Waals surface area contributed by atoms with E-state index in [1.54, 1.807) is 6.20 Å². The Labute approximate surface area is 112 Å². The highest BCUT2D eigenvalue weighted by molar-refractivity contribution is 7.80. The third kappa shape index (κ3) is 2.85. The van der Waals surface area contributed by atoms with Gasteiger partial charge in [-0.3, -0.25) is 9.78 Å². The molecule has 1 atom stereocenters. The summed E-state index contributed by atoms with van der Waals surface area (Å²) < 4.78 is 0. The summed E-state index contributed by atoms with van der Waals surface area (Å²) in [7, 11) is 0. The Morgan fingerprint density at radius 3 is 2.50 bits per heavy atom. The largest absolute Gasteiger partial charge is 0.356 e. The van der Waals surface area contributed by atoms with Gasteiger partial charge in [-0.2, -0.15) is 0 Å². The van der Waals surface area contributed by atoms with Crippen LogP contribution in [0.1, 0.15) is 32.0 Å². The molecule has 0 aliphatic carbocycles. The molecule has 0 saturated heterocycles. The average Bonchev–Trinajstić information content (AvgIpc) is 2.27. The summed E-state index contributed by atoms with van der Waals surface area (Å²) in [5.41, 5.74) is 2.31. The third-order valence-corrected chi connectivity index (χ3v) is 2.95. The van der Waals surface area contributed by atoms with Gasteiger partial charge in [-0.05, 0) is 12.1 Å². The van der Waals surface area contributed by atoms with Crippen molar-refractivity contribution in [1.82, 2.24) is 15.6 Å². The lowest BCUT2D eigenvalue weighted by atomic mass is 9.91. The zero-order valence-electron chi connectivity index (χ0n) is 10.7. The van der Waals surface area contributed by atoms with Crippen molar-refractivity contribution in [3.05, 3.63) is 35.7 Å². The first kappa shape index (κ1) is 13.0. The van der Waals surface area contributed by atoms with Crippen LogP contribution in [0.5, 0.6) is 0 Å². The van der Waals surface area contributed by atoms with E-state index >= 15 is 0 Å². The van der Waals surface area contributed by atoms with Crippen LogP contribution in [0.4, 0.5) is 0 Å². The molecule has 18 heavy (non-hydrogen) atoms. The van der Waals surface area contributed by atoms with Gasteiger partial charge >= 0.3 is 0 Å². The van der Waals surface area contributed by atoms with Crippen LogP contribution in [0.3, 0.4) is 0 Å². The highest BCUT2D eigenvalue weighted by Crippen LogP contribution is 2.21. The fourth-order valence-corrected chi connectivity index (χ4v) is 1.96. The molecule has 0 fully saturated rings. The van der Waals surface area contributed by atoms with Gasteiger partial charge in [-0.1, -0.05) is 20.8 Å². The monoisotopic (exact) mass is 263 g/mol. The van der Waals surface area contributed by atoms with E-state index in [0.29, 0.717) is 0 Å². The summed E-state index contributed by atoms with van der Waals surface area (Å²) in [6.45, 7) is 6.35. The van der Waals surface area contributed by atoms with Gasteiger partial charge in [-0.15, -0.1) is 12.6 Å². The summed E-state index contributed by atoms with van der Waals surface area (Å²) in [5.74, 6) is -0.149. The standard InChI is InChI=1S/C13H17N3OS/c1-13(2,3)10-5-4-8(7-14-10)9-6-11(17)16-12(18)15-9/h4-7,12,15,18H,1-3H3,(H,16,17). The number of thiol groups is 1. The normalized spacial score (nSPS) is 19.9. The zero-order chi connectivity index (χ0) is 13.3. The van der Waals surface area contributed by atoms with Gasteiger partial charge in [0, 0.05) is 28.9 Å². The molecule has 96 valence electrons. The van der Waals surface area contributed by atoms with E-state index in [9.17, 15) is 4.79 Å². The van der Waals surface area contributed by atoms with E-state index in [-0.39, 0.29) is 16.8 Å². The van der Waals surface area contributed by atoms with Crippen LogP contribution in [0.2, 0.25) is 0 Å². The van der Waals surface area contributed by atoms with Crippen LogP contribution < -0.4 is 10.6 Å². The van der Waals surface area contributed by atoms with Gasteiger partial charge in [0.25, 0.3) is 0 Å². The van der Waals surface area contributed by atoms with Crippen molar-refractivity contribution in [3.8, 4) is 0 Å². The van der Waals surface area contributed by atoms with Crippen LogP contribution in [-0.4, -0.2) is 16.4 Å². The van der Waals surface area contributed by atoms with E-state index in [0.717, 1.165) is 17.0 Å². The number of amides is 1. The summed E-state index contributed by atoms with van der Waals surface area (Å²) in [4.78, 5) is 15.8. The van der Waals surface area contributed by atoms with Gasteiger partial charge in [0.15, 0.2) is 0 Å². The Kier molecular flexibility index (Phi) is 3.34. The molecule has 4 nitrogen and oxygen atoms in total. The van der Waals surface area contributed by atoms with Crippen molar-refractivity contribution >= 4 is 24.2 Å². The van der Waals surface area contributed by atoms with Crippen molar-refractivity contribution in [2.24, 2.45) is 0 Å². The molecule has 2 heterocycles. The summed E-state index contributed by atoms with van der Waals surface area (Å²) in [6.07, 6.45) is 3.29. The smallest absolute Gasteiger partial charge is 0.248 e. The zero-order valence-corrected chi connectivity index (χ0v) is 11.6. The number of carbonyl (C=O) groups is 1. The Morgan fingerprint density at radius 2 is 2.00 bits per heavy atom. The SMILES string of the molecule is CC(C)(C)c1ccc(C2=CC(=O)NC(S)N2)cn1. The number of hydrogen-bond donors (Lipinski definition) is 3. The van der Waals surface area contributed by atoms with E-state index in [2.05, 4.69) is 49.0 Å². The first-order chi connectivity index (χ1) is 8.36. The molecule has 1 aromatic rings. The molecule has 2 N–H and O–H groups in total. The van der Waals surface area contributed by atoms with Gasteiger partial charge in [-0.25, -0.2) is 0 Å². The van der Waals surface area contributed by atoms with Crippen LogP contribution in [-0.2, 0) is 10.2 Å². The maximum atomic E-state index is 11.4. The summed E-state index contributed by atoms with van der Waals surface area (Å²) in [5, 5.41) is 5.71. The van der Waals surface area contributed by atoms with Crippen molar-refractivity contribution in [3.63, 3.8) is 0 Å². The van der Waals surface area contributed by atoms with Crippen molar-refractivity contribution in [1.29, 1.82) is 0 Å². The first-order valence-electron chi connectivity index (χ1n) is 5.80. The molecule has 0 spiro atoms. The minimum absolute atomic E-state index is 0.0242. The lowest BCUT2D eigenvalue weighted by Crippen LogP contribution is -2.44. The second-order valence-electron chi connectivity index (χ2n) is 5.30. The molecule has 1 aliphatic heterocycles. The Balaban J connectivity index is 2.27. The number of nitrogens with zero attached hydrogens (tertiary/aromatic N) is 1.